The quantitative estimate of drug-likeness (QED) is 0.522. The third-order valence-electron chi connectivity index (χ3n) is 8.29. The normalized spacial score (nSPS) is 38.9. The van der Waals surface area contributed by atoms with Gasteiger partial charge in [0.1, 0.15) is 0 Å². The van der Waals surface area contributed by atoms with Crippen LogP contribution in [0.2, 0.25) is 0 Å². The second kappa shape index (κ2) is 6.27. The summed E-state index contributed by atoms with van der Waals surface area (Å²) in [4.78, 5) is 0. The van der Waals surface area contributed by atoms with Crippen LogP contribution < -0.4 is 0 Å². The molecule has 0 aromatic heterocycles. The van der Waals surface area contributed by atoms with Crippen molar-refractivity contribution in [3.05, 3.63) is 0 Å². The fourth-order valence-corrected chi connectivity index (χ4v) is 6.76. The average molecular weight is 400 g/mol. The molecule has 1 nitrogen and oxygen atoms in total. The fraction of sp³-hybridized carbons (Fsp3) is 1.00. The Hall–Kier alpha value is -0.460. The van der Waals surface area contributed by atoms with Crippen LogP contribution in [0.15, 0.2) is 0 Å². The molecule has 4 bridgehead atoms. The van der Waals surface area contributed by atoms with E-state index in [2.05, 4.69) is 6.92 Å². The van der Waals surface area contributed by atoms with E-state index in [0.29, 0.717) is 30.1 Å². The smallest absolute Gasteiger partial charge is 0.374 e. The number of halogens is 6. The van der Waals surface area contributed by atoms with Crippen LogP contribution in [-0.2, 0) is 0 Å². The lowest BCUT2D eigenvalue weighted by atomic mass is 9.43. The third kappa shape index (κ3) is 3.40. The molecule has 4 rings (SSSR count). The molecule has 1 atom stereocenters. The minimum Gasteiger partial charge on any atom is -0.374 e. The molecule has 0 amide bonds. The van der Waals surface area contributed by atoms with Gasteiger partial charge in [0.05, 0.1) is 0 Å². The summed E-state index contributed by atoms with van der Waals surface area (Å²) < 4.78 is 79.6. The van der Waals surface area contributed by atoms with Gasteiger partial charge in [-0.1, -0.05) is 27.2 Å². The van der Waals surface area contributed by atoms with Crippen LogP contribution >= 0.6 is 0 Å². The van der Waals surface area contributed by atoms with E-state index in [4.69, 9.17) is 0 Å². The topological polar surface area (TPSA) is 20.2 Å². The number of aliphatic hydroxyl groups is 1. The Morgan fingerprint density at radius 3 is 1.59 bits per heavy atom. The predicted molar refractivity (Wildman–Crippen MR) is 89.8 cm³/mol. The van der Waals surface area contributed by atoms with Crippen molar-refractivity contribution in [3.63, 3.8) is 0 Å². The Kier molecular flexibility index (Phi) is 4.93. The molecule has 0 radical (unpaired) electrons. The standard InChI is InChI=1S/C20H30F6O/c1-4-16(2,11-18(27,19(21,22)23)20(24,25)26)10-17(3)14-6-12-5-13(8-14)9-15(17)7-12/h12-15,27H,4-11H2,1-3H3. The first kappa shape index (κ1) is 21.3. The van der Waals surface area contributed by atoms with Gasteiger partial charge in [0.15, 0.2) is 0 Å². The molecule has 0 heterocycles. The molecule has 0 aromatic carbocycles. The molecule has 1 unspecified atom stereocenters. The molecule has 0 aliphatic heterocycles. The first-order valence-corrected chi connectivity index (χ1v) is 9.99. The summed E-state index contributed by atoms with van der Waals surface area (Å²) in [7, 11) is 0. The average Bonchev–Trinajstić information content (AvgIpc) is 2.50. The molecular weight excluding hydrogens is 370 g/mol. The van der Waals surface area contributed by atoms with Gasteiger partial charge in [-0.15, -0.1) is 0 Å². The summed E-state index contributed by atoms with van der Waals surface area (Å²) >= 11 is 0. The monoisotopic (exact) mass is 400 g/mol. The zero-order valence-electron chi connectivity index (χ0n) is 16.2. The number of hydrogen-bond donors (Lipinski definition) is 1. The Morgan fingerprint density at radius 1 is 0.852 bits per heavy atom. The summed E-state index contributed by atoms with van der Waals surface area (Å²) in [5, 5.41) is 9.77. The largest absolute Gasteiger partial charge is 0.426 e. The zero-order valence-corrected chi connectivity index (χ0v) is 16.2. The maximum absolute atomic E-state index is 13.3. The molecular formula is C20H30F6O. The van der Waals surface area contributed by atoms with Gasteiger partial charge >= 0.3 is 12.4 Å². The van der Waals surface area contributed by atoms with Crippen LogP contribution in [-0.4, -0.2) is 23.1 Å². The SMILES string of the molecule is CCC(C)(CC1(C)C2CC3CC(C2)CC1C3)CC(O)(C(F)(F)F)C(F)(F)F. The number of hydrogen-bond acceptors (Lipinski definition) is 1. The Bertz CT molecular complexity index is 524. The third-order valence-corrected chi connectivity index (χ3v) is 8.29. The van der Waals surface area contributed by atoms with Gasteiger partial charge in [-0.25, -0.2) is 0 Å². The maximum atomic E-state index is 13.3. The first-order chi connectivity index (χ1) is 12.1. The minimum atomic E-state index is -5.74. The Morgan fingerprint density at radius 2 is 1.26 bits per heavy atom. The van der Waals surface area contributed by atoms with E-state index in [1.54, 1.807) is 6.92 Å². The molecule has 1 N–H and O–H groups in total. The van der Waals surface area contributed by atoms with E-state index >= 15 is 0 Å². The second-order valence-electron chi connectivity index (χ2n) is 10.2. The van der Waals surface area contributed by atoms with Gasteiger partial charge in [0, 0.05) is 0 Å². The lowest BCUT2D eigenvalue weighted by Crippen LogP contribution is -2.60. The zero-order chi connectivity index (χ0) is 20.5. The second-order valence-corrected chi connectivity index (χ2v) is 10.2. The van der Waals surface area contributed by atoms with E-state index in [1.807, 2.05) is 0 Å². The van der Waals surface area contributed by atoms with Crippen molar-refractivity contribution in [1.29, 1.82) is 0 Å². The van der Waals surface area contributed by atoms with Gasteiger partial charge in [-0.3, -0.25) is 0 Å². The molecule has 158 valence electrons. The number of alkyl halides is 6. The Balaban J connectivity index is 1.87. The molecule has 7 heteroatoms. The summed E-state index contributed by atoms with van der Waals surface area (Å²) in [5.74, 6) is 2.11. The van der Waals surface area contributed by atoms with Gasteiger partial charge in [0.2, 0.25) is 0 Å². The molecule has 4 aliphatic carbocycles. The maximum Gasteiger partial charge on any atom is 0.426 e. The van der Waals surface area contributed by atoms with Gasteiger partial charge in [-0.2, -0.15) is 26.3 Å². The van der Waals surface area contributed by atoms with Gasteiger partial charge < -0.3 is 5.11 Å². The van der Waals surface area contributed by atoms with Crippen molar-refractivity contribution in [1.82, 2.24) is 0 Å². The highest BCUT2D eigenvalue weighted by atomic mass is 19.4. The Labute approximate surface area is 156 Å². The highest BCUT2D eigenvalue weighted by Gasteiger charge is 2.71. The van der Waals surface area contributed by atoms with Gasteiger partial charge in [-0.05, 0) is 79.4 Å². The van der Waals surface area contributed by atoms with Crippen LogP contribution in [0.25, 0.3) is 0 Å². The number of rotatable bonds is 5. The van der Waals surface area contributed by atoms with Crippen LogP contribution in [0.1, 0.15) is 72.1 Å². The molecule has 0 aromatic rings. The molecule has 27 heavy (non-hydrogen) atoms. The molecule has 0 spiro atoms. The van der Waals surface area contributed by atoms with E-state index in [0.717, 1.165) is 25.7 Å². The van der Waals surface area contributed by atoms with Crippen molar-refractivity contribution in [2.45, 2.75) is 90.1 Å². The molecule has 0 saturated heterocycles. The summed E-state index contributed by atoms with van der Waals surface area (Å²) in [5.41, 5.74) is -6.13. The van der Waals surface area contributed by atoms with Crippen molar-refractivity contribution >= 4 is 0 Å². The highest BCUT2D eigenvalue weighted by molar-refractivity contribution is 5.07. The minimum absolute atomic E-state index is 0.170. The summed E-state index contributed by atoms with van der Waals surface area (Å²) in [6, 6.07) is 0. The molecule has 4 fully saturated rings. The van der Waals surface area contributed by atoms with Crippen LogP contribution in [0, 0.1) is 34.5 Å². The summed E-state index contributed by atoms with van der Waals surface area (Å²) in [6.07, 6.45) is -6.92. The molecule has 4 aliphatic rings. The van der Waals surface area contributed by atoms with E-state index in [9.17, 15) is 31.4 Å². The van der Waals surface area contributed by atoms with Gasteiger partial charge in [0.25, 0.3) is 5.60 Å². The van der Waals surface area contributed by atoms with Crippen LogP contribution in [0.4, 0.5) is 26.3 Å². The van der Waals surface area contributed by atoms with E-state index in [1.165, 1.54) is 13.3 Å². The lowest BCUT2D eigenvalue weighted by Gasteiger charge is -2.62. The van der Waals surface area contributed by atoms with Crippen molar-refractivity contribution < 1.29 is 31.4 Å². The van der Waals surface area contributed by atoms with Crippen LogP contribution in [0.3, 0.4) is 0 Å². The predicted octanol–water partition coefficient (Wildman–Crippen LogP) is 6.50. The highest BCUT2D eigenvalue weighted by Crippen LogP contribution is 2.66. The summed E-state index contributed by atoms with van der Waals surface area (Å²) in [6.45, 7) is 5.20. The fourth-order valence-electron chi connectivity index (χ4n) is 6.76. The van der Waals surface area contributed by atoms with Crippen molar-refractivity contribution in [2.24, 2.45) is 34.5 Å². The van der Waals surface area contributed by atoms with E-state index < -0.39 is 29.8 Å². The molecule has 4 saturated carbocycles. The van der Waals surface area contributed by atoms with Crippen LogP contribution in [0.5, 0.6) is 0 Å². The van der Waals surface area contributed by atoms with Crippen molar-refractivity contribution in [3.8, 4) is 0 Å². The van der Waals surface area contributed by atoms with Crippen molar-refractivity contribution in [2.75, 3.05) is 0 Å². The first-order valence-electron chi connectivity index (χ1n) is 9.99. The lowest BCUT2D eigenvalue weighted by molar-refractivity contribution is -0.376. The van der Waals surface area contributed by atoms with E-state index in [-0.39, 0.29) is 11.8 Å².